The molecule has 0 aromatic heterocycles. The van der Waals surface area contributed by atoms with E-state index in [0.29, 0.717) is 0 Å². The second-order valence-corrected chi connectivity index (χ2v) is 4.89. The lowest BCUT2D eigenvalue weighted by atomic mass is 9.93. The molecule has 0 saturated heterocycles. The fourth-order valence-electron chi connectivity index (χ4n) is 1.51. The van der Waals surface area contributed by atoms with Crippen LogP contribution < -0.4 is 0 Å². The molecule has 9 heteroatoms. The van der Waals surface area contributed by atoms with Gasteiger partial charge >= 0.3 is 18.0 Å². The summed E-state index contributed by atoms with van der Waals surface area (Å²) < 4.78 is 87.7. The number of benzene rings is 1. The van der Waals surface area contributed by atoms with Gasteiger partial charge in [-0.05, 0) is 11.6 Å². The summed E-state index contributed by atoms with van der Waals surface area (Å²) in [6, 6.07) is 5.14. The summed E-state index contributed by atoms with van der Waals surface area (Å²) in [5.41, 5.74) is -5.74. The largest absolute Gasteiger partial charge is 0.431 e. The van der Waals surface area contributed by atoms with E-state index in [1.807, 2.05) is 0 Å². The van der Waals surface area contributed by atoms with Gasteiger partial charge in [0.25, 0.3) is 0 Å². The SMILES string of the molecule is OC(CC(F)(C(F)(F)F)C(F)(F)F)c1ccccc1Br. The maximum atomic E-state index is 13.4. The molecule has 0 spiro atoms. The average Bonchev–Trinajstić information content (AvgIpc) is 2.26. The predicted octanol–water partition coefficient (Wildman–Crippen LogP) is 4.71. The van der Waals surface area contributed by atoms with Crippen LogP contribution in [-0.2, 0) is 0 Å². The van der Waals surface area contributed by atoms with E-state index < -0.39 is 30.5 Å². The third-order valence-corrected chi connectivity index (χ3v) is 3.36. The molecule has 1 aromatic rings. The zero-order chi connectivity index (χ0) is 15.8. The summed E-state index contributed by atoms with van der Waals surface area (Å²) >= 11 is 2.86. The Morgan fingerprint density at radius 2 is 1.40 bits per heavy atom. The van der Waals surface area contributed by atoms with E-state index in [1.54, 1.807) is 0 Å². The van der Waals surface area contributed by atoms with Crippen LogP contribution in [0.3, 0.4) is 0 Å². The van der Waals surface area contributed by atoms with Gasteiger partial charge in [-0.15, -0.1) is 0 Å². The first-order chi connectivity index (χ1) is 8.90. The number of alkyl halides is 7. The second kappa shape index (κ2) is 5.51. The topological polar surface area (TPSA) is 20.2 Å². The molecular weight excluding hydrogens is 361 g/mol. The molecule has 1 nitrogen and oxygen atoms in total. The first-order valence-electron chi connectivity index (χ1n) is 5.15. The molecule has 1 unspecified atom stereocenters. The second-order valence-electron chi connectivity index (χ2n) is 4.04. The quantitative estimate of drug-likeness (QED) is 0.766. The molecule has 0 bridgehead atoms. The Hall–Kier alpha value is -0.830. The van der Waals surface area contributed by atoms with Gasteiger partial charge in [-0.3, -0.25) is 0 Å². The molecule has 0 aliphatic heterocycles. The molecule has 1 N–H and O–H groups in total. The summed E-state index contributed by atoms with van der Waals surface area (Å²) in [6.07, 6.45) is -16.8. The number of halogens is 8. The minimum Gasteiger partial charge on any atom is -0.388 e. The van der Waals surface area contributed by atoms with E-state index >= 15 is 0 Å². The highest BCUT2D eigenvalue weighted by atomic mass is 79.9. The molecule has 114 valence electrons. The van der Waals surface area contributed by atoms with Crippen molar-refractivity contribution < 1.29 is 35.8 Å². The van der Waals surface area contributed by atoms with Crippen LogP contribution in [0.4, 0.5) is 30.7 Å². The van der Waals surface area contributed by atoms with Crippen molar-refractivity contribution in [1.29, 1.82) is 0 Å². The molecule has 20 heavy (non-hydrogen) atoms. The van der Waals surface area contributed by atoms with Crippen LogP contribution in [0, 0.1) is 0 Å². The van der Waals surface area contributed by atoms with Crippen molar-refractivity contribution in [3.63, 3.8) is 0 Å². The van der Waals surface area contributed by atoms with Crippen molar-refractivity contribution in [2.24, 2.45) is 0 Å². The Kier molecular flexibility index (Phi) is 4.75. The summed E-state index contributed by atoms with van der Waals surface area (Å²) in [5.74, 6) is 0. The van der Waals surface area contributed by atoms with E-state index in [0.717, 1.165) is 6.07 Å². The summed E-state index contributed by atoms with van der Waals surface area (Å²) in [4.78, 5) is 0. The zero-order valence-corrected chi connectivity index (χ0v) is 11.2. The lowest BCUT2D eigenvalue weighted by Crippen LogP contribution is -2.54. The van der Waals surface area contributed by atoms with Crippen LogP contribution in [0.25, 0.3) is 0 Å². The van der Waals surface area contributed by atoms with Crippen LogP contribution in [0.5, 0.6) is 0 Å². The van der Waals surface area contributed by atoms with Gasteiger partial charge in [0, 0.05) is 10.9 Å². The van der Waals surface area contributed by atoms with Gasteiger partial charge in [0.1, 0.15) is 0 Å². The van der Waals surface area contributed by atoms with Crippen molar-refractivity contribution in [2.45, 2.75) is 30.5 Å². The Balaban J connectivity index is 3.13. The molecule has 1 atom stereocenters. The highest BCUT2D eigenvalue weighted by Crippen LogP contribution is 2.50. The highest BCUT2D eigenvalue weighted by molar-refractivity contribution is 9.10. The standard InChI is InChI=1S/C11H8BrF7O/c12-7-4-2-1-3-6(7)8(20)5-9(13,10(14,15)16)11(17,18)19/h1-4,8,20H,5H2. The van der Waals surface area contributed by atoms with Crippen LogP contribution in [-0.4, -0.2) is 23.1 Å². The number of hydrogen-bond donors (Lipinski definition) is 1. The van der Waals surface area contributed by atoms with Gasteiger partial charge in [-0.2, -0.15) is 26.3 Å². The maximum absolute atomic E-state index is 13.4. The Bertz CT molecular complexity index is 455. The number of rotatable bonds is 3. The van der Waals surface area contributed by atoms with Gasteiger partial charge in [-0.1, -0.05) is 34.1 Å². The highest BCUT2D eigenvalue weighted by Gasteiger charge is 2.72. The van der Waals surface area contributed by atoms with Crippen LogP contribution in [0.1, 0.15) is 18.1 Å². The average molecular weight is 369 g/mol. The number of aliphatic hydroxyl groups excluding tert-OH is 1. The van der Waals surface area contributed by atoms with Gasteiger partial charge in [0.2, 0.25) is 0 Å². The molecule has 0 fully saturated rings. The van der Waals surface area contributed by atoms with E-state index in [-0.39, 0.29) is 10.0 Å². The summed E-state index contributed by atoms with van der Waals surface area (Å²) in [5, 5.41) is 9.49. The summed E-state index contributed by atoms with van der Waals surface area (Å²) in [6.45, 7) is 0. The maximum Gasteiger partial charge on any atom is 0.431 e. The molecule has 0 aliphatic carbocycles. The Labute approximate surface area is 117 Å². The first-order valence-corrected chi connectivity index (χ1v) is 5.94. The lowest BCUT2D eigenvalue weighted by Gasteiger charge is -2.31. The molecular formula is C11H8BrF7O. The number of hydrogen-bond acceptors (Lipinski definition) is 1. The Morgan fingerprint density at radius 1 is 0.950 bits per heavy atom. The van der Waals surface area contributed by atoms with Gasteiger partial charge in [0.15, 0.2) is 0 Å². The van der Waals surface area contributed by atoms with E-state index in [2.05, 4.69) is 15.9 Å². The number of aliphatic hydroxyl groups is 1. The molecule has 0 saturated carbocycles. The van der Waals surface area contributed by atoms with Crippen LogP contribution in [0.2, 0.25) is 0 Å². The van der Waals surface area contributed by atoms with Crippen molar-refractivity contribution in [3.8, 4) is 0 Å². The van der Waals surface area contributed by atoms with E-state index in [4.69, 9.17) is 0 Å². The molecule has 0 amide bonds. The fourth-order valence-corrected chi connectivity index (χ4v) is 2.06. The van der Waals surface area contributed by atoms with Crippen LogP contribution in [0.15, 0.2) is 28.7 Å². The minimum atomic E-state index is -6.17. The normalized spacial score (nSPS) is 15.2. The van der Waals surface area contributed by atoms with Gasteiger partial charge in [0.05, 0.1) is 6.10 Å². The van der Waals surface area contributed by atoms with Gasteiger partial charge < -0.3 is 5.11 Å². The van der Waals surface area contributed by atoms with Gasteiger partial charge in [-0.25, -0.2) is 4.39 Å². The molecule has 0 heterocycles. The minimum absolute atomic E-state index is 0.0826. The third kappa shape index (κ3) is 3.25. The van der Waals surface area contributed by atoms with Crippen molar-refractivity contribution >= 4 is 15.9 Å². The van der Waals surface area contributed by atoms with E-state index in [1.165, 1.54) is 18.2 Å². The molecule has 1 aromatic carbocycles. The smallest absolute Gasteiger partial charge is 0.388 e. The monoisotopic (exact) mass is 368 g/mol. The molecule has 1 rings (SSSR count). The lowest BCUT2D eigenvalue weighted by molar-refractivity contribution is -0.347. The van der Waals surface area contributed by atoms with E-state index in [9.17, 15) is 35.8 Å². The third-order valence-electron chi connectivity index (χ3n) is 2.64. The first kappa shape index (κ1) is 17.2. The predicted molar refractivity (Wildman–Crippen MR) is 59.7 cm³/mol. The Morgan fingerprint density at radius 3 is 1.80 bits per heavy atom. The molecule has 0 radical (unpaired) electrons. The zero-order valence-electron chi connectivity index (χ0n) is 9.56. The van der Waals surface area contributed by atoms with Crippen LogP contribution >= 0.6 is 15.9 Å². The fraction of sp³-hybridized carbons (Fsp3) is 0.455. The van der Waals surface area contributed by atoms with Crippen molar-refractivity contribution in [2.75, 3.05) is 0 Å². The summed E-state index contributed by atoms with van der Waals surface area (Å²) in [7, 11) is 0. The van der Waals surface area contributed by atoms with Crippen molar-refractivity contribution in [3.05, 3.63) is 34.3 Å². The van der Waals surface area contributed by atoms with Crippen molar-refractivity contribution in [1.82, 2.24) is 0 Å². The molecule has 0 aliphatic rings.